The Morgan fingerprint density at radius 2 is 1.63 bits per heavy atom. The number of hydrogen-bond donors (Lipinski definition) is 2. The molecular weight excluding hydrogens is 420 g/mol. The summed E-state index contributed by atoms with van der Waals surface area (Å²) in [5.74, 6) is -0.112. The molecular formula is C23H21ClN2O3S. The second-order valence-corrected chi connectivity index (χ2v) is 9.40. The van der Waals surface area contributed by atoms with Gasteiger partial charge in [0, 0.05) is 11.1 Å². The summed E-state index contributed by atoms with van der Waals surface area (Å²) in [7, 11) is -3.81. The molecule has 0 fully saturated rings. The van der Waals surface area contributed by atoms with Crippen LogP contribution in [0.3, 0.4) is 0 Å². The maximum Gasteiger partial charge on any atom is 0.261 e. The molecule has 5 nitrogen and oxygen atoms in total. The van der Waals surface area contributed by atoms with E-state index < -0.39 is 10.0 Å². The van der Waals surface area contributed by atoms with Crippen molar-refractivity contribution in [2.75, 3.05) is 4.72 Å². The Balaban J connectivity index is 1.85. The molecule has 0 spiro atoms. The van der Waals surface area contributed by atoms with E-state index in [4.69, 9.17) is 11.6 Å². The first-order valence-electron chi connectivity index (χ1n) is 9.38. The van der Waals surface area contributed by atoms with Gasteiger partial charge in [-0.2, -0.15) is 0 Å². The largest absolute Gasteiger partial charge is 0.504 e. The van der Waals surface area contributed by atoms with Gasteiger partial charge in [-0.25, -0.2) is 8.42 Å². The second kappa shape index (κ2) is 7.38. The Morgan fingerprint density at radius 1 is 0.967 bits per heavy atom. The topological polar surface area (TPSA) is 71.3 Å². The Labute approximate surface area is 180 Å². The number of hydrogen-bond acceptors (Lipinski definition) is 3. The number of rotatable bonds is 4. The average molecular weight is 441 g/mol. The van der Waals surface area contributed by atoms with Gasteiger partial charge in [0.1, 0.15) is 0 Å². The van der Waals surface area contributed by atoms with Crippen LogP contribution in [0.15, 0.2) is 65.6 Å². The molecule has 30 heavy (non-hydrogen) atoms. The van der Waals surface area contributed by atoms with Gasteiger partial charge in [0.15, 0.2) is 5.75 Å². The van der Waals surface area contributed by atoms with Crippen molar-refractivity contribution in [2.45, 2.75) is 25.7 Å². The first-order chi connectivity index (χ1) is 14.2. The van der Waals surface area contributed by atoms with Crippen molar-refractivity contribution in [1.29, 1.82) is 0 Å². The third kappa shape index (κ3) is 3.42. The summed E-state index contributed by atoms with van der Waals surface area (Å²) in [6.07, 6.45) is 0. The number of benzene rings is 3. The first kappa shape index (κ1) is 20.3. The first-order valence-corrected chi connectivity index (χ1v) is 11.2. The molecule has 0 aliphatic heterocycles. The molecule has 0 aliphatic rings. The van der Waals surface area contributed by atoms with E-state index in [0.29, 0.717) is 5.69 Å². The standard InChI is InChI=1S/C23H21ClN2O3S/c1-14-8-10-18(11-9-14)30(28,29)25-17-12-20(24)23(27)22(13-17)26-16(3)15(2)19-6-4-5-7-21(19)26/h4-13,25,27H,1-3H3. The molecule has 3 aromatic carbocycles. The maximum atomic E-state index is 12.8. The predicted molar refractivity (Wildman–Crippen MR) is 121 cm³/mol. The minimum atomic E-state index is -3.81. The number of anilines is 1. The number of phenolic OH excluding ortho intramolecular Hbond substituents is 1. The zero-order valence-electron chi connectivity index (χ0n) is 16.8. The van der Waals surface area contributed by atoms with E-state index in [1.807, 2.05) is 49.6 Å². The van der Waals surface area contributed by atoms with E-state index in [2.05, 4.69) is 4.72 Å². The molecule has 1 heterocycles. The number of phenols is 1. The van der Waals surface area contributed by atoms with Gasteiger partial charge in [0.25, 0.3) is 10.0 Å². The molecule has 154 valence electrons. The van der Waals surface area contributed by atoms with Crippen LogP contribution in [0.25, 0.3) is 16.6 Å². The number of aryl methyl sites for hydroxylation is 2. The van der Waals surface area contributed by atoms with Gasteiger partial charge in [-0.15, -0.1) is 0 Å². The number of nitrogens with one attached hydrogen (secondary N) is 1. The van der Waals surface area contributed by atoms with Crippen LogP contribution in [0.1, 0.15) is 16.8 Å². The second-order valence-electron chi connectivity index (χ2n) is 7.31. The molecule has 0 aliphatic carbocycles. The van der Waals surface area contributed by atoms with E-state index in [1.54, 1.807) is 30.3 Å². The molecule has 4 aromatic rings. The quantitative estimate of drug-likeness (QED) is 0.399. The number of aromatic nitrogens is 1. The van der Waals surface area contributed by atoms with Gasteiger partial charge in [-0.05, 0) is 56.7 Å². The summed E-state index contributed by atoms with van der Waals surface area (Å²) < 4.78 is 30.1. The highest BCUT2D eigenvalue weighted by atomic mass is 35.5. The molecule has 2 N–H and O–H groups in total. The lowest BCUT2D eigenvalue weighted by Gasteiger charge is -2.15. The fraction of sp³-hybridized carbons (Fsp3) is 0.130. The lowest BCUT2D eigenvalue weighted by molar-refractivity contribution is 0.473. The maximum absolute atomic E-state index is 12.8. The molecule has 4 rings (SSSR count). The Kier molecular flexibility index (Phi) is 5.00. The van der Waals surface area contributed by atoms with E-state index in [0.717, 1.165) is 27.7 Å². The van der Waals surface area contributed by atoms with Crippen LogP contribution in [-0.4, -0.2) is 18.1 Å². The van der Waals surface area contributed by atoms with Crippen molar-refractivity contribution in [3.8, 4) is 11.4 Å². The lowest BCUT2D eigenvalue weighted by Crippen LogP contribution is -2.13. The number of fused-ring (bicyclic) bond motifs is 1. The van der Waals surface area contributed by atoms with Gasteiger partial charge in [-0.1, -0.05) is 47.5 Å². The van der Waals surface area contributed by atoms with Gasteiger partial charge in [-0.3, -0.25) is 4.72 Å². The highest BCUT2D eigenvalue weighted by molar-refractivity contribution is 7.92. The van der Waals surface area contributed by atoms with Crippen LogP contribution in [0, 0.1) is 20.8 Å². The number of para-hydroxylation sites is 1. The fourth-order valence-electron chi connectivity index (χ4n) is 3.58. The van der Waals surface area contributed by atoms with Crippen molar-refractivity contribution >= 4 is 38.2 Å². The summed E-state index contributed by atoms with van der Waals surface area (Å²) in [4.78, 5) is 0.150. The van der Waals surface area contributed by atoms with Crippen molar-refractivity contribution in [2.24, 2.45) is 0 Å². The molecule has 0 bridgehead atoms. The number of nitrogens with zero attached hydrogens (tertiary/aromatic N) is 1. The van der Waals surface area contributed by atoms with Crippen LogP contribution in [0.2, 0.25) is 5.02 Å². The van der Waals surface area contributed by atoms with Gasteiger partial charge in [0.2, 0.25) is 0 Å². The summed E-state index contributed by atoms with van der Waals surface area (Å²) in [5.41, 5.74) is 4.55. The zero-order valence-corrected chi connectivity index (χ0v) is 18.3. The van der Waals surface area contributed by atoms with Crippen LogP contribution in [0.5, 0.6) is 5.75 Å². The summed E-state index contributed by atoms with van der Waals surface area (Å²) in [6, 6.07) is 17.4. The highest BCUT2D eigenvalue weighted by Crippen LogP contribution is 2.38. The molecule has 0 saturated carbocycles. The summed E-state index contributed by atoms with van der Waals surface area (Å²) in [6.45, 7) is 5.85. The predicted octanol–water partition coefficient (Wildman–Crippen LogP) is 5.72. The minimum Gasteiger partial charge on any atom is -0.504 e. The molecule has 0 radical (unpaired) electrons. The van der Waals surface area contributed by atoms with Crippen molar-refractivity contribution < 1.29 is 13.5 Å². The van der Waals surface area contributed by atoms with Crippen LogP contribution in [0.4, 0.5) is 5.69 Å². The van der Waals surface area contributed by atoms with Crippen molar-refractivity contribution in [1.82, 2.24) is 4.57 Å². The Hall–Kier alpha value is -2.96. The summed E-state index contributed by atoms with van der Waals surface area (Å²) >= 11 is 6.28. The third-order valence-corrected chi connectivity index (χ3v) is 6.98. The molecule has 0 atom stereocenters. The minimum absolute atomic E-state index is 0.0592. The number of halogens is 1. The van der Waals surface area contributed by atoms with Gasteiger partial charge in [0.05, 0.1) is 26.8 Å². The normalized spacial score (nSPS) is 11.7. The molecule has 7 heteroatoms. The highest BCUT2D eigenvalue weighted by Gasteiger charge is 2.20. The molecule has 0 amide bonds. The smallest absolute Gasteiger partial charge is 0.261 e. The Morgan fingerprint density at radius 3 is 2.33 bits per heavy atom. The number of aromatic hydroxyl groups is 1. The Bertz CT molecular complexity index is 1370. The van der Waals surface area contributed by atoms with Crippen LogP contribution < -0.4 is 4.72 Å². The van der Waals surface area contributed by atoms with E-state index in [-0.39, 0.29) is 21.4 Å². The molecule has 1 aromatic heterocycles. The van der Waals surface area contributed by atoms with Gasteiger partial charge < -0.3 is 9.67 Å². The lowest BCUT2D eigenvalue weighted by atomic mass is 10.2. The van der Waals surface area contributed by atoms with E-state index >= 15 is 0 Å². The number of sulfonamides is 1. The van der Waals surface area contributed by atoms with E-state index in [9.17, 15) is 13.5 Å². The van der Waals surface area contributed by atoms with E-state index in [1.165, 1.54) is 6.07 Å². The fourth-order valence-corrected chi connectivity index (χ4v) is 4.84. The van der Waals surface area contributed by atoms with Crippen molar-refractivity contribution in [3.63, 3.8) is 0 Å². The molecule has 0 saturated heterocycles. The third-order valence-electron chi connectivity index (χ3n) is 5.29. The van der Waals surface area contributed by atoms with Crippen molar-refractivity contribution in [3.05, 3.63) is 82.5 Å². The average Bonchev–Trinajstić information content (AvgIpc) is 2.95. The monoisotopic (exact) mass is 440 g/mol. The van der Waals surface area contributed by atoms with Gasteiger partial charge >= 0.3 is 0 Å². The zero-order chi connectivity index (χ0) is 21.6. The van der Waals surface area contributed by atoms with Crippen LogP contribution >= 0.6 is 11.6 Å². The SMILES string of the molecule is Cc1ccc(S(=O)(=O)Nc2cc(Cl)c(O)c(-n3c(C)c(C)c4ccccc43)c2)cc1. The summed E-state index contributed by atoms with van der Waals surface area (Å²) in [5, 5.41) is 11.8. The van der Waals surface area contributed by atoms with Crippen LogP contribution in [-0.2, 0) is 10.0 Å². The molecule has 0 unspecified atom stereocenters.